The van der Waals surface area contributed by atoms with Gasteiger partial charge in [0.2, 0.25) is 5.91 Å². The maximum Gasteiger partial charge on any atom is 0.231 e. The fourth-order valence-electron chi connectivity index (χ4n) is 2.80. The van der Waals surface area contributed by atoms with E-state index in [0.29, 0.717) is 21.2 Å². The molecule has 1 amide bonds. The van der Waals surface area contributed by atoms with Crippen molar-refractivity contribution in [1.29, 1.82) is 0 Å². The smallest absolute Gasteiger partial charge is 0.231 e. The van der Waals surface area contributed by atoms with Crippen molar-refractivity contribution in [3.63, 3.8) is 0 Å². The largest absolute Gasteiger partial charge is 0.411 e. The second-order valence-electron chi connectivity index (χ2n) is 5.84. The first-order chi connectivity index (χ1) is 12.0. The van der Waals surface area contributed by atoms with E-state index in [2.05, 4.69) is 21.1 Å². The Morgan fingerprint density at radius 1 is 1.32 bits per heavy atom. The number of rotatable bonds is 3. The molecule has 1 aliphatic rings. The Kier molecular flexibility index (Phi) is 4.99. The highest BCUT2D eigenvalue weighted by Crippen LogP contribution is 2.38. The Morgan fingerprint density at radius 2 is 2.08 bits per heavy atom. The molecule has 0 bridgehead atoms. The quantitative estimate of drug-likeness (QED) is 0.461. The lowest BCUT2D eigenvalue weighted by molar-refractivity contribution is -0.118. The minimum absolute atomic E-state index is 0.0771. The molecule has 4 nitrogen and oxygen atoms in total. The average Bonchev–Trinajstić information content (AvgIpc) is 2.70. The van der Waals surface area contributed by atoms with Gasteiger partial charge >= 0.3 is 0 Å². The first-order valence-electron chi connectivity index (χ1n) is 7.72. The molecular formula is C19H16BrFN2O2. The topological polar surface area (TPSA) is 52.9 Å². The van der Waals surface area contributed by atoms with E-state index in [1.165, 1.54) is 12.3 Å². The fourth-order valence-corrected chi connectivity index (χ4v) is 3.38. The maximum atomic E-state index is 13.9. The van der Waals surface area contributed by atoms with E-state index in [-0.39, 0.29) is 24.7 Å². The standard InChI is InChI=1S/C19H16BrFN2O2/c1-12-6-7-13(8-16(12)21)11-23-17-5-3-2-4-15(17)19(20)14(10-22-25)9-18(23)24/h2-8,10,25H,9,11H2,1H3/b22-10+. The second kappa shape index (κ2) is 7.19. The summed E-state index contributed by atoms with van der Waals surface area (Å²) in [5.41, 5.74) is 3.40. The van der Waals surface area contributed by atoms with Crippen LogP contribution in [0, 0.1) is 12.7 Å². The number of oxime groups is 1. The van der Waals surface area contributed by atoms with Gasteiger partial charge in [-0.1, -0.05) is 35.5 Å². The third-order valence-electron chi connectivity index (χ3n) is 4.15. The molecule has 1 N–H and O–H groups in total. The van der Waals surface area contributed by atoms with Crippen molar-refractivity contribution in [2.45, 2.75) is 19.9 Å². The third kappa shape index (κ3) is 3.49. The minimum Gasteiger partial charge on any atom is -0.411 e. The molecule has 0 atom stereocenters. The molecule has 0 fully saturated rings. The summed E-state index contributed by atoms with van der Waals surface area (Å²) >= 11 is 3.50. The van der Waals surface area contributed by atoms with Gasteiger partial charge in [0.25, 0.3) is 0 Å². The van der Waals surface area contributed by atoms with Crippen LogP contribution < -0.4 is 4.90 Å². The summed E-state index contributed by atoms with van der Waals surface area (Å²) in [4.78, 5) is 14.4. The highest BCUT2D eigenvalue weighted by atomic mass is 79.9. The molecule has 0 radical (unpaired) electrons. The molecule has 0 saturated carbocycles. The Morgan fingerprint density at radius 3 is 2.80 bits per heavy atom. The first kappa shape index (κ1) is 17.4. The van der Waals surface area contributed by atoms with Crippen LogP contribution in [0.2, 0.25) is 0 Å². The van der Waals surface area contributed by atoms with Gasteiger partial charge in [0.15, 0.2) is 0 Å². The van der Waals surface area contributed by atoms with Crippen molar-refractivity contribution in [3.8, 4) is 0 Å². The second-order valence-corrected chi connectivity index (χ2v) is 6.63. The van der Waals surface area contributed by atoms with Gasteiger partial charge in [0.1, 0.15) is 5.82 Å². The molecule has 2 aromatic rings. The van der Waals surface area contributed by atoms with E-state index in [1.807, 2.05) is 30.3 Å². The molecule has 25 heavy (non-hydrogen) atoms. The number of fused-ring (bicyclic) bond motifs is 1. The average molecular weight is 403 g/mol. The number of nitrogens with zero attached hydrogens (tertiary/aromatic N) is 2. The van der Waals surface area contributed by atoms with Gasteiger partial charge in [-0.25, -0.2) is 4.39 Å². The lowest BCUT2D eigenvalue weighted by Crippen LogP contribution is -2.30. The van der Waals surface area contributed by atoms with Crippen LogP contribution in [0.15, 0.2) is 53.2 Å². The number of carbonyl (C=O) groups is 1. The van der Waals surface area contributed by atoms with Crippen LogP contribution in [-0.2, 0) is 11.3 Å². The summed E-state index contributed by atoms with van der Waals surface area (Å²) in [7, 11) is 0. The molecule has 0 unspecified atom stereocenters. The number of halogens is 2. The molecular weight excluding hydrogens is 387 g/mol. The molecule has 1 aliphatic heterocycles. The summed E-state index contributed by atoms with van der Waals surface area (Å²) in [6.07, 6.45) is 1.33. The van der Waals surface area contributed by atoms with E-state index in [9.17, 15) is 9.18 Å². The zero-order valence-corrected chi connectivity index (χ0v) is 15.1. The summed E-state index contributed by atoms with van der Waals surface area (Å²) in [5.74, 6) is -0.446. The Bertz CT molecular complexity index is 893. The molecule has 0 spiro atoms. The lowest BCUT2D eigenvalue weighted by Gasteiger charge is -2.23. The van der Waals surface area contributed by atoms with Crippen LogP contribution in [0.3, 0.4) is 0 Å². The monoisotopic (exact) mass is 402 g/mol. The zero-order valence-electron chi connectivity index (χ0n) is 13.5. The van der Waals surface area contributed by atoms with E-state index in [1.54, 1.807) is 17.9 Å². The number of carbonyl (C=O) groups excluding carboxylic acids is 1. The van der Waals surface area contributed by atoms with Gasteiger partial charge < -0.3 is 10.1 Å². The highest BCUT2D eigenvalue weighted by Gasteiger charge is 2.26. The molecule has 0 saturated heterocycles. The number of hydrogen-bond donors (Lipinski definition) is 1. The third-order valence-corrected chi connectivity index (χ3v) is 5.08. The van der Waals surface area contributed by atoms with Gasteiger partial charge in [0.05, 0.1) is 24.9 Å². The SMILES string of the molecule is Cc1ccc(CN2C(=O)CC(/C=N/O)=C(Br)c3ccccc32)cc1F. The normalized spacial score (nSPS) is 14.8. The van der Waals surface area contributed by atoms with Crippen LogP contribution in [0.5, 0.6) is 0 Å². The molecule has 3 rings (SSSR count). The van der Waals surface area contributed by atoms with Crippen molar-refractivity contribution >= 4 is 38.2 Å². The number of amides is 1. The molecule has 1 heterocycles. The van der Waals surface area contributed by atoms with Crippen LogP contribution in [0.25, 0.3) is 4.48 Å². The molecule has 6 heteroatoms. The maximum absolute atomic E-state index is 13.9. The van der Waals surface area contributed by atoms with Gasteiger partial charge in [-0.05, 0) is 51.7 Å². The van der Waals surface area contributed by atoms with Gasteiger partial charge in [-0.15, -0.1) is 0 Å². The van der Waals surface area contributed by atoms with Crippen molar-refractivity contribution in [2.24, 2.45) is 5.16 Å². The summed E-state index contributed by atoms with van der Waals surface area (Å²) in [6.45, 7) is 1.96. The van der Waals surface area contributed by atoms with Crippen molar-refractivity contribution in [2.75, 3.05) is 4.90 Å². The van der Waals surface area contributed by atoms with Crippen molar-refractivity contribution in [3.05, 3.63) is 70.5 Å². The molecule has 128 valence electrons. The predicted molar refractivity (Wildman–Crippen MR) is 99.5 cm³/mol. The van der Waals surface area contributed by atoms with Gasteiger partial charge in [0, 0.05) is 10.0 Å². The summed E-state index contributed by atoms with van der Waals surface area (Å²) in [5, 5.41) is 11.9. The summed E-state index contributed by atoms with van der Waals surface area (Å²) < 4.78 is 14.6. The fraction of sp³-hybridized carbons (Fsp3) is 0.158. The lowest BCUT2D eigenvalue weighted by atomic mass is 10.1. The van der Waals surface area contributed by atoms with Crippen LogP contribution in [0.1, 0.15) is 23.1 Å². The number of benzene rings is 2. The van der Waals surface area contributed by atoms with Gasteiger partial charge in [-0.3, -0.25) is 4.79 Å². The molecule has 0 aliphatic carbocycles. The van der Waals surface area contributed by atoms with Crippen molar-refractivity contribution in [1.82, 2.24) is 0 Å². The van der Waals surface area contributed by atoms with E-state index in [4.69, 9.17) is 5.21 Å². The number of hydrogen-bond acceptors (Lipinski definition) is 3. The highest BCUT2D eigenvalue weighted by molar-refractivity contribution is 9.15. The van der Waals surface area contributed by atoms with E-state index in [0.717, 1.165) is 11.3 Å². The van der Waals surface area contributed by atoms with Crippen LogP contribution in [-0.4, -0.2) is 17.3 Å². The van der Waals surface area contributed by atoms with Crippen molar-refractivity contribution < 1.29 is 14.4 Å². The predicted octanol–water partition coefficient (Wildman–Crippen LogP) is 4.64. The Hall–Kier alpha value is -2.47. The molecule has 0 aromatic heterocycles. The Labute approximate surface area is 153 Å². The molecule has 2 aromatic carbocycles. The number of aryl methyl sites for hydroxylation is 1. The number of para-hydroxylation sites is 1. The summed E-state index contributed by atoms with van der Waals surface area (Å²) in [6, 6.07) is 12.4. The Balaban J connectivity index is 2.05. The van der Waals surface area contributed by atoms with Crippen LogP contribution >= 0.6 is 15.9 Å². The van der Waals surface area contributed by atoms with Crippen LogP contribution in [0.4, 0.5) is 10.1 Å². The van der Waals surface area contributed by atoms with E-state index >= 15 is 0 Å². The zero-order chi connectivity index (χ0) is 18.0. The van der Waals surface area contributed by atoms with Gasteiger partial charge in [-0.2, -0.15) is 0 Å². The van der Waals surface area contributed by atoms with E-state index < -0.39 is 0 Å². The number of anilines is 1. The minimum atomic E-state index is -0.291. The first-order valence-corrected chi connectivity index (χ1v) is 8.51.